The first-order valence-corrected chi connectivity index (χ1v) is 10.3. The van der Waals surface area contributed by atoms with Crippen molar-refractivity contribution in [3.63, 3.8) is 0 Å². The fraction of sp³-hybridized carbons (Fsp3) is 0.333. The van der Waals surface area contributed by atoms with Gasteiger partial charge in [-0.05, 0) is 55.9 Å². The first-order valence-electron chi connectivity index (χ1n) is 9.44. The summed E-state index contributed by atoms with van der Waals surface area (Å²) in [7, 11) is 0. The van der Waals surface area contributed by atoms with Crippen LogP contribution in [0.1, 0.15) is 58.6 Å². The van der Waals surface area contributed by atoms with Gasteiger partial charge < -0.3 is 15.4 Å². The molecule has 1 saturated carbocycles. The molecule has 1 fully saturated rings. The summed E-state index contributed by atoms with van der Waals surface area (Å²) in [6, 6.07) is 5.00. The first-order chi connectivity index (χ1) is 13.4. The maximum atomic E-state index is 15.0. The average molecular weight is 435 g/mol. The van der Waals surface area contributed by atoms with Crippen LogP contribution in [0.4, 0.5) is 4.39 Å². The minimum absolute atomic E-state index is 0. The summed E-state index contributed by atoms with van der Waals surface area (Å²) in [5.74, 6) is -1.80. The van der Waals surface area contributed by atoms with E-state index in [-0.39, 0.29) is 35.4 Å². The zero-order chi connectivity index (χ0) is 19.6. The fourth-order valence-corrected chi connectivity index (χ4v) is 5.38. The van der Waals surface area contributed by atoms with Crippen molar-refractivity contribution in [2.75, 3.05) is 0 Å². The van der Waals surface area contributed by atoms with Crippen molar-refractivity contribution in [1.29, 1.82) is 0 Å². The summed E-state index contributed by atoms with van der Waals surface area (Å²) in [5.41, 5.74) is 7.38. The molecule has 0 amide bonds. The molecule has 1 aromatic carbocycles. The van der Waals surface area contributed by atoms with Crippen LogP contribution in [0, 0.1) is 5.82 Å². The Balaban J connectivity index is 0.00000205. The number of thiophene rings is 1. The Kier molecular flexibility index (Phi) is 5.01. The summed E-state index contributed by atoms with van der Waals surface area (Å²) in [5, 5.41) is 9.47. The lowest BCUT2D eigenvalue weighted by atomic mass is 9.94. The van der Waals surface area contributed by atoms with Gasteiger partial charge in [-0.2, -0.15) is 0 Å². The highest BCUT2D eigenvalue weighted by Crippen LogP contribution is 2.42. The number of fused-ring (bicyclic) bond motifs is 2. The molecule has 5 rings (SSSR count). The molecule has 29 heavy (non-hydrogen) atoms. The van der Waals surface area contributed by atoms with E-state index in [0.29, 0.717) is 11.1 Å². The van der Waals surface area contributed by atoms with Crippen molar-refractivity contribution in [1.82, 2.24) is 4.57 Å². The van der Waals surface area contributed by atoms with E-state index in [0.717, 1.165) is 42.5 Å². The highest BCUT2D eigenvalue weighted by Gasteiger charge is 2.28. The number of benzene rings is 1. The van der Waals surface area contributed by atoms with Crippen molar-refractivity contribution >= 4 is 40.6 Å². The van der Waals surface area contributed by atoms with Crippen LogP contribution in [0.3, 0.4) is 0 Å². The number of carboxylic acids is 1. The molecule has 2 aliphatic carbocycles. The van der Waals surface area contributed by atoms with Crippen LogP contribution in [-0.4, -0.2) is 15.6 Å². The van der Waals surface area contributed by atoms with Gasteiger partial charge in [0.15, 0.2) is 0 Å². The largest absolute Gasteiger partial charge is 0.477 e. The molecule has 0 radical (unpaired) electrons. The molecule has 2 aliphatic rings. The van der Waals surface area contributed by atoms with Crippen LogP contribution in [0.15, 0.2) is 29.2 Å². The van der Waals surface area contributed by atoms with E-state index < -0.39 is 17.2 Å². The van der Waals surface area contributed by atoms with Gasteiger partial charge >= 0.3 is 5.97 Å². The normalized spacial score (nSPS) is 18.3. The Hall–Kier alpha value is -2.22. The van der Waals surface area contributed by atoms with Crippen LogP contribution in [0.25, 0.3) is 21.3 Å². The second-order valence-corrected chi connectivity index (χ2v) is 8.79. The number of halogens is 2. The third kappa shape index (κ3) is 3.27. The standard InChI is InChI=1S/C21H19FN2O3S.ClH/c22-15-6-13-17(24(10-4-5-10)9-14(20(13)25)21(26)27)7-11(15)19-8-12-16(23)2-1-3-18(12)28-19;/h6-10,16H,1-5,23H2,(H,26,27);1H. The molecule has 2 heterocycles. The summed E-state index contributed by atoms with van der Waals surface area (Å²) in [6.07, 6.45) is 6.17. The molecule has 0 saturated heterocycles. The van der Waals surface area contributed by atoms with Gasteiger partial charge in [0.25, 0.3) is 0 Å². The molecular weight excluding hydrogens is 415 g/mol. The minimum atomic E-state index is -1.29. The van der Waals surface area contributed by atoms with Crippen LogP contribution in [0.5, 0.6) is 0 Å². The second kappa shape index (κ2) is 7.23. The lowest BCUT2D eigenvalue weighted by Gasteiger charge is -2.17. The van der Waals surface area contributed by atoms with Gasteiger partial charge in [-0.15, -0.1) is 23.7 Å². The lowest BCUT2D eigenvalue weighted by molar-refractivity contribution is 0.0695. The molecule has 5 nitrogen and oxygen atoms in total. The minimum Gasteiger partial charge on any atom is -0.477 e. The number of aromatic carboxylic acids is 1. The predicted molar refractivity (Wildman–Crippen MR) is 114 cm³/mol. The quantitative estimate of drug-likeness (QED) is 0.627. The van der Waals surface area contributed by atoms with Gasteiger partial charge in [-0.3, -0.25) is 4.79 Å². The molecule has 3 aromatic rings. The van der Waals surface area contributed by atoms with Crippen molar-refractivity contribution in [3.05, 3.63) is 56.4 Å². The number of aromatic nitrogens is 1. The number of pyridine rings is 1. The maximum Gasteiger partial charge on any atom is 0.341 e. The molecule has 3 N–H and O–H groups in total. The Labute approximate surface area is 176 Å². The van der Waals surface area contributed by atoms with E-state index in [1.165, 1.54) is 17.1 Å². The average Bonchev–Trinajstić information content (AvgIpc) is 3.40. The van der Waals surface area contributed by atoms with E-state index in [2.05, 4.69) is 0 Å². The maximum absolute atomic E-state index is 15.0. The van der Waals surface area contributed by atoms with Gasteiger partial charge in [-0.25, -0.2) is 9.18 Å². The Morgan fingerprint density at radius 2 is 2.00 bits per heavy atom. The third-order valence-electron chi connectivity index (χ3n) is 5.72. The molecule has 1 unspecified atom stereocenters. The highest BCUT2D eigenvalue weighted by molar-refractivity contribution is 7.15. The summed E-state index contributed by atoms with van der Waals surface area (Å²) in [4.78, 5) is 26.1. The van der Waals surface area contributed by atoms with Crippen molar-refractivity contribution < 1.29 is 14.3 Å². The van der Waals surface area contributed by atoms with Crippen LogP contribution in [-0.2, 0) is 6.42 Å². The number of nitrogens with zero attached hydrogens (tertiary/aromatic N) is 1. The van der Waals surface area contributed by atoms with E-state index >= 15 is 4.39 Å². The van der Waals surface area contributed by atoms with Gasteiger partial charge in [0.1, 0.15) is 11.4 Å². The Bertz CT molecular complexity index is 1200. The molecule has 0 bridgehead atoms. The van der Waals surface area contributed by atoms with Crippen molar-refractivity contribution in [2.45, 2.75) is 44.2 Å². The van der Waals surface area contributed by atoms with Gasteiger partial charge in [-0.1, -0.05) is 0 Å². The number of carboxylic acid groups (broad SMARTS) is 1. The SMILES string of the molecule is Cl.NC1CCCc2sc(-c3cc4c(cc3F)c(=O)c(C(=O)O)cn4C3CC3)cc21. The predicted octanol–water partition coefficient (Wildman–Crippen LogP) is 4.66. The Morgan fingerprint density at radius 1 is 1.24 bits per heavy atom. The van der Waals surface area contributed by atoms with Gasteiger partial charge in [0, 0.05) is 39.0 Å². The fourth-order valence-electron chi connectivity index (χ4n) is 4.09. The number of nitrogens with two attached hydrogens (primary N) is 1. The van der Waals surface area contributed by atoms with Crippen molar-refractivity contribution in [2.24, 2.45) is 5.73 Å². The number of aryl methyl sites for hydroxylation is 1. The lowest BCUT2D eigenvalue weighted by Crippen LogP contribution is -2.19. The number of hydrogen-bond donors (Lipinski definition) is 2. The second-order valence-electron chi connectivity index (χ2n) is 7.65. The van der Waals surface area contributed by atoms with Crippen LogP contribution >= 0.6 is 23.7 Å². The first kappa shape index (κ1) is 20.1. The zero-order valence-corrected chi connectivity index (χ0v) is 17.1. The van der Waals surface area contributed by atoms with Crippen LogP contribution < -0.4 is 11.2 Å². The molecule has 1 atom stereocenters. The van der Waals surface area contributed by atoms with E-state index in [1.807, 2.05) is 10.6 Å². The molecular formula is C21H20ClFN2O3S. The van der Waals surface area contributed by atoms with Crippen molar-refractivity contribution in [3.8, 4) is 10.4 Å². The summed E-state index contributed by atoms with van der Waals surface area (Å²) in [6.45, 7) is 0. The van der Waals surface area contributed by atoms with Gasteiger partial charge in [0.2, 0.25) is 5.43 Å². The molecule has 2 aromatic heterocycles. The van der Waals surface area contributed by atoms with E-state index in [9.17, 15) is 14.7 Å². The molecule has 0 spiro atoms. The molecule has 8 heteroatoms. The van der Waals surface area contributed by atoms with Crippen LogP contribution in [0.2, 0.25) is 0 Å². The Morgan fingerprint density at radius 3 is 2.66 bits per heavy atom. The summed E-state index contributed by atoms with van der Waals surface area (Å²) >= 11 is 1.56. The zero-order valence-electron chi connectivity index (χ0n) is 15.5. The number of rotatable bonds is 3. The summed E-state index contributed by atoms with van der Waals surface area (Å²) < 4.78 is 16.8. The third-order valence-corrected chi connectivity index (χ3v) is 6.96. The van der Waals surface area contributed by atoms with Gasteiger partial charge in [0.05, 0.1) is 5.52 Å². The highest BCUT2D eigenvalue weighted by atomic mass is 35.5. The molecule has 0 aliphatic heterocycles. The van der Waals surface area contributed by atoms with E-state index in [1.54, 1.807) is 17.4 Å². The topological polar surface area (TPSA) is 85.3 Å². The molecule has 152 valence electrons. The number of hydrogen-bond acceptors (Lipinski definition) is 4. The number of carbonyl (C=O) groups is 1. The smallest absolute Gasteiger partial charge is 0.341 e. The monoisotopic (exact) mass is 434 g/mol. The van der Waals surface area contributed by atoms with E-state index in [4.69, 9.17) is 5.73 Å².